The van der Waals surface area contributed by atoms with Gasteiger partial charge in [-0.3, -0.25) is 9.78 Å². The van der Waals surface area contributed by atoms with Gasteiger partial charge in [-0.15, -0.1) is 0 Å². The van der Waals surface area contributed by atoms with E-state index < -0.39 is 0 Å². The molecule has 0 aliphatic rings. The molecular formula is C13H11Br2N3O. The number of aromatic nitrogens is 1. The molecule has 98 valence electrons. The van der Waals surface area contributed by atoms with Crippen molar-refractivity contribution in [2.75, 3.05) is 17.7 Å². The third kappa shape index (κ3) is 3.54. The monoisotopic (exact) mass is 383 g/mol. The second kappa shape index (κ2) is 6.16. The zero-order valence-corrected chi connectivity index (χ0v) is 13.2. The number of nitrogens with one attached hydrogen (secondary N) is 2. The van der Waals surface area contributed by atoms with Crippen LogP contribution >= 0.6 is 31.9 Å². The Bertz CT molecular complexity index is 617. The van der Waals surface area contributed by atoms with Crippen LogP contribution in [-0.4, -0.2) is 17.9 Å². The summed E-state index contributed by atoms with van der Waals surface area (Å²) < 4.78 is 1.71. The van der Waals surface area contributed by atoms with Crippen molar-refractivity contribution in [3.8, 4) is 0 Å². The molecule has 2 aromatic rings. The van der Waals surface area contributed by atoms with Crippen LogP contribution in [0, 0.1) is 0 Å². The molecule has 1 aromatic heterocycles. The average Bonchev–Trinajstić information content (AvgIpc) is 2.43. The summed E-state index contributed by atoms with van der Waals surface area (Å²) >= 11 is 6.76. The molecule has 0 spiro atoms. The van der Waals surface area contributed by atoms with Crippen LogP contribution in [0.15, 0.2) is 45.5 Å². The maximum absolute atomic E-state index is 12.1. The zero-order chi connectivity index (χ0) is 13.8. The lowest BCUT2D eigenvalue weighted by atomic mass is 10.2. The number of carbonyl (C=O) groups excluding carboxylic acids is 1. The number of carbonyl (C=O) groups is 1. The van der Waals surface area contributed by atoms with Crippen LogP contribution in [-0.2, 0) is 0 Å². The molecular weight excluding hydrogens is 374 g/mol. The van der Waals surface area contributed by atoms with Gasteiger partial charge in [-0.1, -0.05) is 15.9 Å². The summed E-state index contributed by atoms with van der Waals surface area (Å²) in [5, 5.41) is 5.78. The molecule has 1 heterocycles. The smallest absolute Gasteiger partial charge is 0.274 e. The number of hydrogen-bond donors (Lipinski definition) is 2. The first-order valence-corrected chi connectivity index (χ1v) is 7.09. The van der Waals surface area contributed by atoms with Crippen molar-refractivity contribution in [2.24, 2.45) is 0 Å². The fourth-order valence-corrected chi connectivity index (χ4v) is 2.20. The van der Waals surface area contributed by atoms with Gasteiger partial charge in [0.25, 0.3) is 5.91 Å². The van der Waals surface area contributed by atoms with E-state index in [1.54, 1.807) is 25.4 Å². The third-order valence-electron chi connectivity index (χ3n) is 2.46. The van der Waals surface area contributed by atoms with Gasteiger partial charge >= 0.3 is 0 Å². The minimum atomic E-state index is -0.254. The lowest BCUT2D eigenvalue weighted by Gasteiger charge is -2.08. The molecule has 0 saturated heterocycles. The molecule has 0 aliphatic carbocycles. The highest BCUT2D eigenvalue weighted by atomic mass is 79.9. The summed E-state index contributed by atoms with van der Waals surface area (Å²) in [5.41, 5.74) is 1.89. The topological polar surface area (TPSA) is 54.0 Å². The molecule has 0 saturated carbocycles. The lowest BCUT2D eigenvalue weighted by molar-refractivity contribution is 0.102. The van der Waals surface area contributed by atoms with Gasteiger partial charge in [0.15, 0.2) is 0 Å². The number of amides is 1. The molecule has 6 heteroatoms. The van der Waals surface area contributed by atoms with E-state index in [1.807, 2.05) is 18.2 Å². The summed E-state index contributed by atoms with van der Waals surface area (Å²) in [6.07, 6.45) is 1.59. The van der Waals surface area contributed by atoms with E-state index in [-0.39, 0.29) is 5.91 Å². The van der Waals surface area contributed by atoms with Gasteiger partial charge in [0.2, 0.25) is 0 Å². The first-order chi connectivity index (χ1) is 9.10. The first-order valence-electron chi connectivity index (χ1n) is 5.50. The number of nitrogens with zero attached hydrogens (tertiary/aromatic N) is 1. The predicted octanol–water partition coefficient (Wildman–Crippen LogP) is 3.90. The van der Waals surface area contributed by atoms with Crippen molar-refractivity contribution in [2.45, 2.75) is 0 Å². The van der Waals surface area contributed by atoms with Crippen LogP contribution in [0.5, 0.6) is 0 Å². The Morgan fingerprint density at radius 2 is 2.00 bits per heavy atom. The van der Waals surface area contributed by atoms with Gasteiger partial charge in [-0.05, 0) is 46.3 Å². The van der Waals surface area contributed by atoms with E-state index in [9.17, 15) is 4.79 Å². The van der Waals surface area contributed by atoms with Crippen LogP contribution in [0.2, 0.25) is 0 Å². The first kappa shape index (κ1) is 14.0. The van der Waals surface area contributed by atoms with Crippen molar-refractivity contribution < 1.29 is 4.79 Å². The summed E-state index contributed by atoms with van der Waals surface area (Å²) in [7, 11) is 1.79. The minimum absolute atomic E-state index is 0.254. The summed E-state index contributed by atoms with van der Waals surface area (Å²) in [6.45, 7) is 0. The number of halogens is 2. The van der Waals surface area contributed by atoms with Crippen molar-refractivity contribution in [3.63, 3.8) is 0 Å². The Kier molecular flexibility index (Phi) is 4.55. The highest BCUT2D eigenvalue weighted by Crippen LogP contribution is 2.26. The fourth-order valence-electron chi connectivity index (χ4n) is 1.49. The van der Waals surface area contributed by atoms with Crippen molar-refractivity contribution >= 4 is 49.1 Å². The molecule has 0 unspecified atom stereocenters. The zero-order valence-electron chi connectivity index (χ0n) is 10.1. The van der Waals surface area contributed by atoms with E-state index in [0.29, 0.717) is 11.4 Å². The molecule has 0 aliphatic heterocycles. The molecule has 1 amide bonds. The molecule has 2 rings (SSSR count). The third-order valence-corrected chi connectivity index (χ3v) is 3.64. The molecule has 19 heavy (non-hydrogen) atoms. The van der Waals surface area contributed by atoms with E-state index in [4.69, 9.17) is 0 Å². The summed E-state index contributed by atoms with van der Waals surface area (Å²) in [6, 6.07) is 9.06. The maximum Gasteiger partial charge on any atom is 0.274 e. The van der Waals surface area contributed by atoms with E-state index in [1.165, 1.54) is 0 Å². The number of anilines is 2. The molecule has 4 nitrogen and oxygen atoms in total. The summed E-state index contributed by atoms with van der Waals surface area (Å²) in [4.78, 5) is 16.2. The maximum atomic E-state index is 12.1. The number of benzene rings is 1. The highest BCUT2D eigenvalue weighted by Gasteiger charge is 2.10. The normalized spacial score (nSPS) is 10.1. The predicted molar refractivity (Wildman–Crippen MR) is 83.6 cm³/mol. The standard InChI is InChI=1S/C13H11Br2N3O/c1-16-9-4-5-17-12(7-9)13(19)18-11-6-8(14)2-3-10(11)15/h2-7H,1H3,(H,16,17)(H,18,19). The molecule has 1 aromatic carbocycles. The molecule has 0 fully saturated rings. The van der Waals surface area contributed by atoms with Crippen LogP contribution < -0.4 is 10.6 Å². The number of pyridine rings is 1. The fraction of sp³-hybridized carbons (Fsp3) is 0.0769. The van der Waals surface area contributed by atoms with Gasteiger partial charge in [0.1, 0.15) is 5.69 Å². The lowest BCUT2D eigenvalue weighted by Crippen LogP contribution is -2.14. The molecule has 0 atom stereocenters. The van der Waals surface area contributed by atoms with Crippen LogP contribution in [0.3, 0.4) is 0 Å². The minimum Gasteiger partial charge on any atom is -0.388 e. The quantitative estimate of drug-likeness (QED) is 0.843. The van der Waals surface area contributed by atoms with Crippen LogP contribution in [0.4, 0.5) is 11.4 Å². The molecule has 0 radical (unpaired) electrons. The SMILES string of the molecule is CNc1ccnc(C(=O)Nc2cc(Br)ccc2Br)c1. The highest BCUT2D eigenvalue weighted by molar-refractivity contribution is 9.11. The second-order valence-corrected chi connectivity index (χ2v) is 5.53. The molecule has 2 N–H and O–H groups in total. The van der Waals surface area contributed by atoms with Crippen molar-refractivity contribution in [1.29, 1.82) is 0 Å². The van der Waals surface area contributed by atoms with E-state index in [2.05, 4.69) is 47.5 Å². The Morgan fingerprint density at radius 1 is 1.21 bits per heavy atom. The van der Waals surface area contributed by atoms with Gasteiger partial charge in [-0.25, -0.2) is 0 Å². The van der Waals surface area contributed by atoms with Crippen molar-refractivity contribution in [3.05, 3.63) is 51.2 Å². The van der Waals surface area contributed by atoms with Gasteiger partial charge in [0, 0.05) is 27.9 Å². The largest absolute Gasteiger partial charge is 0.388 e. The van der Waals surface area contributed by atoms with E-state index in [0.717, 1.165) is 14.6 Å². The van der Waals surface area contributed by atoms with Gasteiger partial charge in [0.05, 0.1) is 5.69 Å². The van der Waals surface area contributed by atoms with E-state index >= 15 is 0 Å². The van der Waals surface area contributed by atoms with Crippen LogP contribution in [0.25, 0.3) is 0 Å². The molecule has 0 bridgehead atoms. The summed E-state index contributed by atoms with van der Waals surface area (Å²) in [5.74, 6) is -0.254. The number of hydrogen-bond acceptors (Lipinski definition) is 3. The average molecular weight is 385 g/mol. The number of rotatable bonds is 3. The second-order valence-electron chi connectivity index (χ2n) is 3.76. The Hall–Kier alpha value is -1.40. The Labute approximate surface area is 127 Å². The van der Waals surface area contributed by atoms with Crippen LogP contribution in [0.1, 0.15) is 10.5 Å². The Morgan fingerprint density at radius 3 is 2.74 bits per heavy atom. The van der Waals surface area contributed by atoms with Gasteiger partial charge < -0.3 is 10.6 Å². The van der Waals surface area contributed by atoms with Gasteiger partial charge in [-0.2, -0.15) is 0 Å². The van der Waals surface area contributed by atoms with Crippen molar-refractivity contribution in [1.82, 2.24) is 4.98 Å². The Balaban J connectivity index is 2.22.